The van der Waals surface area contributed by atoms with Gasteiger partial charge in [0.25, 0.3) is 0 Å². The molecule has 7 N–H and O–H groups in total. The van der Waals surface area contributed by atoms with Crippen molar-refractivity contribution in [3.05, 3.63) is 83.7 Å². The molecule has 3 aromatic rings. The Morgan fingerprint density at radius 3 is 2.15 bits per heavy atom. The van der Waals surface area contributed by atoms with E-state index in [4.69, 9.17) is 11.5 Å². The Balaban J connectivity index is 2.02. The molecule has 0 aliphatic rings. The first-order chi connectivity index (χ1) is 21.5. The van der Waals surface area contributed by atoms with E-state index in [-0.39, 0.29) is 18.5 Å². The number of amides is 2. The molecule has 0 aliphatic carbocycles. The summed E-state index contributed by atoms with van der Waals surface area (Å²) in [7, 11) is 0. The summed E-state index contributed by atoms with van der Waals surface area (Å²) in [5, 5.41) is 23.3. The standard InChI is InChI=1S/C33H41F2N5O6/c1-19(36)30(42)40(27(32(45)46)16-28(37)41)25(31(43)44)12-13-38-29(33(2,3)4)26-14-21(23-15-22(34)10-11-24(23)35)18-39(26)17-20-8-6-5-7-9-20/h5-11,14-15,18-19,25,27,29,38H,12-13,16-17,36H2,1-4H3,(H2,37,41)(H,43,44)(H,45,46)/t19-,25-,27-,29-/m0/s1. The minimum Gasteiger partial charge on any atom is -0.480 e. The van der Waals surface area contributed by atoms with Crippen LogP contribution in [0.15, 0.2) is 60.8 Å². The number of hydrogen-bond acceptors (Lipinski definition) is 6. The van der Waals surface area contributed by atoms with Crippen LogP contribution >= 0.6 is 0 Å². The molecular weight excluding hydrogens is 600 g/mol. The third-order valence-corrected chi connectivity index (χ3v) is 7.57. The summed E-state index contributed by atoms with van der Waals surface area (Å²) in [6.45, 7) is 7.49. The van der Waals surface area contributed by atoms with Gasteiger partial charge in [0.15, 0.2) is 0 Å². The number of aromatic nitrogens is 1. The highest BCUT2D eigenvalue weighted by molar-refractivity contribution is 5.93. The van der Waals surface area contributed by atoms with Crippen molar-refractivity contribution in [2.24, 2.45) is 16.9 Å². The maximum atomic E-state index is 14.9. The fraction of sp³-hybridized carbons (Fsp3) is 0.394. The second-order valence-electron chi connectivity index (χ2n) is 12.3. The van der Waals surface area contributed by atoms with Crippen molar-refractivity contribution in [3.63, 3.8) is 0 Å². The maximum absolute atomic E-state index is 14.9. The first-order valence-electron chi connectivity index (χ1n) is 14.8. The molecule has 0 saturated heterocycles. The molecule has 0 radical (unpaired) electrons. The Bertz CT molecular complexity index is 1550. The summed E-state index contributed by atoms with van der Waals surface area (Å²) in [5.74, 6) is -6.29. The highest BCUT2D eigenvalue weighted by atomic mass is 19.1. The SMILES string of the molecule is C[C@H](N)C(=O)N([C@@H](CCN[C@@H](c1cc(-c2cc(F)ccc2F)cn1Cc1ccccc1)C(C)(C)C)C(=O)O)[C@@H](CC(N)=O)C(=O)O. The molecular formula is C33H41F2N5O6. The summed E-state index contributed by atoms with van der Waals surface area (Å²) in [6.07, 6.45) is 0.667. The number of carbonyl (C=O) groups excluding carboxylic acids is 2. The second-order valence-corrected chi connectivity index (χ2v) is 12.3. The predicted molar refractivity (Wildman–Crippen MR) is 167 cm³/mol. The molecule has 0 unspecified atom stereocenters. The molecule has 2 amide bonds. The average molecular weight is 642 g/mol. The first kappa shape index (κ1) is 35.9. The number of nitrogens with zero attached hydrogens (tertiary/aromatic N) is 2. The lowest BCUT2D eigenvalue weighted by atomic mass is 9.84. The number of aliphatic carboxylic acids is 2. The monoisotopic (exact) mass is 641 g/mol. The first-order valence-corrected chi connectivity index (χ1v) is 14.8. The second kappa shape index (κ2) is 15.1. The zero-order valence-electron chi connectivity index (χ0n) is 26.2. The van der Waals surface area contributed by atoms with Gasteiger partial charge in [-0.2, -0.15) is 0 Å². The van der Waals surface area contributed by atoms with Gasteiger partial charge in [0.2, 0.25) is 11.8 Å². The molecule has 0 bridgehead atoms. The lowest BCUT2D eigenvalue weighted by molar-refractivity contribution is -0.161. The van der Waals surface area contributed by atoms with E-state index in [9.17, 15) is 38.2 Å². The number of rotatable bonds is 15. The Kier molecular flexibility index (Phi) is 11.8. The van der Waals surface area contributed by atoms with Crippen LogP contribution in [-0.4, -0.2) is 68.1 Å². The molecule has 1 aromatic heterocycles. The number of benzene rings is 2. The van der Waals surface area contributed by atoms with E-state index in [0.717, 1.165) is 23.8 Å². The number of carbonyl (C=O) groups is 4. The maximum Gasteiger partial charge on any atom is 0.326 e. The third kappa shape index (κ3) is 8.98. The van der Waals surface area contributed by atoms with Crippen molar-refractivity contribution in [1.29, 1.82) is 0 Å². The van der Waals surface area contributed by atoms with Crippen LogP contribution in [0.2, 0.25) is 0 Å². The van der Waals surface area contributed by atoms with Crippen molar-refractivity contribution >= 4 is 23.8 Å². The van der Waals surface area contributed by atoms with E-state index < -0.39 is 71.4 Å². The molecule has 46 heavy (non-hydrogen) atoms. The van der Waals surface area contributed by atoms with E-state index >= 15 is 0 Å². The summed E-state index contributed by atoms with van der Waals surface area (Å²) in [6, 6.07) is 9.21. The van der Waals surface area contributed by atoms with Crippen LogP contribution in [0.4, 0.5) is 8.78 Å². The molecule has 13 heteroatoms. The average Bonchev–Trinajstić information content (AvgIpc) is 3.36. The summed E-state index contributed by atoms with van der Waals surface area (Å²) < 4.78 is 30.9. The summed E-state index contributed by atoms with van der Waals surface area (Å²) in [5.41, 5.74) is 12.6. The lowest BCUT2D eigenvalue weighted by Gasteiger charge is -2.36. The van der Waals surface area contributed by atoms with Gasteiger partial charge in [-0.1, -0.05) is 51.1 Å². The van der Waals surface area contributed by atoms with Gasteiger partial charge in [-0.15, -0.1) is 0 Å². The molecule has 3 rings (SSSR count). The molecule has 2 aromatic carbocycles. The number of nitrogens with two attached hydrogens (primary N) is 2. The van der Waals surface area contributed by atoms with Gasteiger partial charge in [-0.3, -0.25) is 9.59 Å². The number of carboxylic acid groups (broad SMARTS) is 2. The van der Waals surface area contributed by atoms with Crippen molar-refractivity contribution < 1.29 is 38.2 Å². The zero-order valence-corrected chi connectivity index (χ0v) is 26.2. The largest absolute Gasteiger partial charge is 0.480 e. The number of halogens is 2. The van der Waals surface area contributed by atoms with Crippen LogP contribution in [0.3, 0.4) is 0 Å². The van der Waals surface area contributed by atoms with Gasteiger partial charge >= 0.3 is 11.9 Å². The van der Waals surface area contributed by atoms with E-state index in [1.807, 2.05) is 55.7 Å². The van der Waals surface area contributed by atoms with E-state index in [1.165, 1.54) is 6.92 Å². The molecule has 4 atom stereocenters. The van der Waals surface area contributed by atoms with Crippen LogP contribution in [0.5, 0.6) is 0 Å². The normalized spacial score (nSPS) is 14.2. The topological polar surface area (TPSA) is 181 Å². The van der Waals surface area contributed by atoms with Crippen LogP contribution in [0, 0.1) is 17.0 Å². The van der Waals surface area contributed by atoms with Crippen LogP contribution in [0.25, 0.3) is 11.1 Å². The third-order valence-electron chi connectivity index (χ3n) is 7.57. The lowest BCUT2D eigenvalue weighted by Crippen LogP contribution is -2.58. The summed E-state index contributed by atoms with van der Waals surface area (Å²) >= 11 is 0. The Morgan fingerprint density at radius 1 is 0.978 bits per heavy atom. The molecule has 0 aliphatic heterocycles. The number of nitrogens with one attached hydrogen (secondary N) is 1. The Hall–Kier alpha value is -4.62. The molecule has 0 fully saturated rings. The number of hydrogen-bond donors (Lipinski definition) is 5. The van der Waals surface area contributed by atoms with Crippen molar-refractivity contribution in [1.82, 2.24) is 14.8 Å². The van der Waals surface area contributed by atoms with Crippen LogP contribution in [0.1, 0.15) is 57.8 Å². The van der Waals surface area contributed by atoms with E-state index in [0.29, 0.717) is 22.7 Å². The van der Waals surface area contributed by atoms with Gasteiger partial charge in [0, 0.05) is 29.6 Å². The Morgan fingerprint density at radius 2 is 1.61 bits per heavy atom. The minimum absolute atomic E-state index is 0.0231. The Labute approximate surface area is 266 Å². The zero-order chi connectivity index (χ0) is 34.3. The highest BCUT2D eigenvalue weighted by Gasteiger charge is 2.41. The fourth-order valence-electron chi connectivity index (χ4n) is 5.41. The highest BCUT2D eigenvalue weighted by Crippen LogP contribution is 2.37. The van der Waals surface area contributed by atoms with Crippen molar-refractivity contribution in [2.75, 3.05) is 6.54 Å². The molecule has 11 nitrogen and oxygen atoms in total. The van der Waals surface area contributed by atoms with Gasteiger partial charge in [-0.25, -0.2) is 18.4 Å². The van der Waals surface area contributed by atoms with Gasteiger partial charge < -0.3 is 36.5 Å². The van der Waals surface area contributed by atoms with Crippen molar-refractivity contribution in [3.8, 4) is 11.1 Å². The van der Waals surface area contributed by atoms with Gasteiger partial charge in [0.05, 0.1) is 18.5 Å². The quantitative estimate of drug-likeness (QED) is 0.167. The fourth-order valence-corrected chi connectivity index (χ4v) is 5.41. The van der Waals surface area contributed by atoms with E-state index in [2.05, 4.69) is 5.32 Å². The van der Waals surface area contributed by atoms with Crippen LogP contribution < -0.4 is 16.8 Å². The molecule has 1 heterocycles. The molecule has 0 saturated carbocycles. The van der Waals surface area contributed by atoms with Crippen molar-refractivity contribution in [2.45, 2.75) is 71.2 Å². The summed E-state index contributed by atoms with van der Waals surface area (Å²) in [4.78, 5) is 49.9. The van der Waals surface area contributed by atoms with E-state index in [1.54, 1.807) is 12.3 Å². The van der Waals surface area contributed by atoms with Crippen LogP contribution in [-0.2, 0) is 25.7 Å². The minimum atomic E-state index is -1.85. The van der Waals surface area contributed by atoms with Gasteiger partial charge in [0.1, 0.15) is 23.7 Å². The number of primary amides is 1. The smallest absolute Gasteiger partial charge is 0.326 e. The molecule has 248 valence electrons. The number of carboxylic acids is 2. The molecule has 0 spiro atoms. The predicted octanol–water partition coefficient (Wildman–Crippen LogP) is 3.51. The van der Waals surface area contributed by atoms with Gasteiger partial charge in [-0.05, 0) is 55.1 Å².